The van der Waals surface area contributed by atoms with Crippen LogP contribution in [0.25, 0.3) is 11.3 Å². The molecule has 9 nitrogen and oxygen atoms in total. The highest BCUT2D eigenvalue weighted by atomic mass is 16.5. The van der Waals surface area contributed by atoms with E-state index in [2.05, 4.69) is 36.6 Å². The van der Waals surface area contributed by atoms with E-state index in [9.17, 15) is 14.4 Å². The maximum atomic E-state index is 13.2. The number of likely N-dealkylation sites (tertiary alicyclic amines) is 1. The lowest BCUT2D eigenvalue weighted by Gasteiger charge is -2.30. The lowest BCUT2D eigenvalue weighted by molar-refractivity contribution is -0.135. The van der Waals surface area contributed by atoms with Gasteiger partial charge in [-0.05, 0) is 36.5 Å². The Hall–Kier alpha value is -3.80. The van der Waals surface area contributed by atoms with Crippen molar-refractivity contribution in [3.63, 3.8) is 0 Å². The molecular formula is C24H28N4O5. The molecule has 174 valence electrons. The number of rotatable bonds is 5. The molecule has 1 aliphatic rings. The second kappa shape index (κ2) is 10.7. The first kappa shape index (κ1) is 23.9. The van der Waals surface area contributed by atoms with E-state index in [1.54, 1.807) is 11.1 Å². The maximum Gasteiger partial charge on any atom is 0.407 e. The molecule has 1 aromatic heterocycles. The van der Waals surface area contributed by atoms with Crippen LogP contribution in [0.1, 0.15) is 44.1 Å². The van der Waals surface area contributed by atoms with Gasteiger partial charge in [0.1, 0.15) is 11.9 Å². The Kier molecular flexibility index (Phi) is 7.72. The van der Waals surface area contributed by atoms with Gasteiger partial charge in [-0.1, -0.05) is 31.9 Å². The zero-order valence-electron chi connectivity index (χ0n) is 19.2. The fourth-order valence-corrected chi connectivity index (χ4v) is 3.75. The molecule has 1 aliphatic heterocycles. The van der Waals surface area contributed by atoms with Crippen LogP contribution in [0.3, 0.4) is 0 Å². The molecule has 0 saturated carbocycles. The standard InChI is InChI=1S/C24H28N4O5/c1-15(2)21(27-24(31)33-4)23(30)28-13-5-6-19(28)22-25-14-18(26-22)17-10-7-16(8-11-17)9-12-20(29)32-3/h7-8,10-11,14-15,19,21H,5-6,13H2,1-4H3,(H,25,26)(H,27,31). The van der Waals surface area contributed by atoms with Crippen LogP contribution in [0.4, 0.5) is 4.79 Å². The highest BCUT2D eigenvalue weighted by Gasteiger charge is 2.37. The zero-order valence-corrected chi connectivity index (χ0v) is 19.2. The Bertz CT molecular complexity index is 1060. The maximum absolute atomic E-state index is 13.2. The molecule has 2 heterocycles. The summed E-state index contributed by atoms with van der Waals surface area (Å²) >= 11 is 0. The van der Waals surface area contributed by atoms with Gasteiger partial charge in [-0.3, -0.25) is 4.79 Å². The topological polar surface area (TPSA) is 114 Å². The molecule has 2 aromatic rings. The monoisotopic (exact) mass is 452 g/mol. The number of methoxy groups -OCH3 is 2. The fraction of sp³-hybridized carbons (Fsp3) is 0.417. The normalized spacial score (nSPS) is 16.0. The molecule has 2 N–H and O–H groups in total. The average molecular weight is 453 g/mol. The highest BCUT2D eigenvalue weighted by Crippen LogP contribution is 2.32. The van der Waals surface area contributed by atoms with Gasteiger partial charge in [0.25, 0.3) is 0 Å². The number of hydrogen-bond acceptors (Lipinski definition) is 6. The van der Waals surface area contributed by atoms with Crippen LogP contribution in [0.15, 0.2) is 30.5 Å². The number of imidazole rings is 1. The van der Waals surface area contributed by atoms with Crippen molar-refractivity contribution in [3.05, 3.63) is 41.9 Å². The summed E-state index contributed by atoms with van der Waals surface area (Å²) < 4.78 is 9.19. The summed E-state index contributed by atoms with van der Waals surface area (Å²) in [6.07, 6.45) is 2.74. The van der Waals surface area contributed by atoms with E-state index in [1.807, 2.05) is 38.1 Å². The number of aromatic nitrogens is 2. The number of hydrogen-bond donors (Lipinski definition) is 2. The van der Waals surface area contributed by atoms with Crippen LogP contribution in [0.5, 0.6) is 0 Å². The first-order valence-corrected chi connectivity index (χ1v) is 10.7. The summed E-state index contributed by atoms with van der Waals surface area (Å²) in [5, 5.41) is 2.65. The van der Waals surface area contributed by atoms with Crippen LogP contribution >= 0.6 is 0 Å². The number of H-pyrrole nitrogens is 1. The SMILES string of the molecule is COC(=O)C#Cc1ccc(-c2cnc(C3CCCN3C(=O)C(NC(=O)OC)C(C)C)[nH]2)cc1. The molecule has 2 amide bonds. The molecule has 0 radical (unpaired) electrons. The van der Waals surface area contributed by atoms with Crippen molar-refractivity contribution in [2.45, 2.75) is 38.8 Å². The zero-order chi connectivity index (χ0) is 24.0. The number of carbonyl (C=O) groups is 3. The van der Waals surface area contributed by atoms with Gasteiger partial charge < -0.3 is 24.7 Å². The van der Waals surface area contributed by atoms with E-state index in [-0.39, 0.29) is 17.9 Å². The van der Waals surface area contributed by atoms with E-state index in [4.69, 9.17) is 0 Å². The third kappa shape index (κ3) is 5.71. The van der Waals surface area contributed by atoms with Crippen molar-refractivity contribution >= 4 is 18.0 Å². The van der Waals surface area contributed by atoms with E-state index >= 15 is 0 Å². The molecule has 9 heteroatoms. The van der Waals surface area contributed by atoms with E-state index in [1.165, 1.54) is 14.2 Å². The molecule has 2 unspecified atom stereocenters. The molecule has 2 atom stereocenters. The van der Waals surface area contributed by atoms with Crippen LogP contribution in [-0.2, 0) is 19.1 Å². The minimum atomic E-state index is -0.675. The largest absolute Gasteiger partial charge is 0.459 e. The molecule has 0 spiro atoms. The van der Waals surface area contributed by atoms with Crippen molar-refractivity contribution in [1.29, 1.82) is 0 Å². The molecule has 0 aliphatic carbocycles. The number of ether oxygens (including phenoxy) is 2. The summed E-state index contributed by atoms with van der Waals surface area (Å²) in [6, 6.07) is 6.51. The summed E-state index contributed by atoms with van der Waals surface area (Å²) in [5.41, 5.74) is 2.40. The summed E-state index contributed by atoms with van der Waals surface area (Å²) in [6.45, 7) is 4.36. The average Bonchev–Trinajstić information content (AvgIpc) is 3.50. The van der Waals surface area contributed by atoms with Gasteiger partial charge in [0, 0.05) is 18.0 Å². The van der Waals surface area contributed by atoms with Gasteiger partial charge in [-0.25, -0.2) is 14.6 Å². The summed E-state index contributed by atoms with van der Waals surface area (Å²) in [5.74, 6) is 5.01. The highest BCUT2D eigenvalue weighted by molar-refractivity contribution is 5.89. The van der Waals surface area contributed by atoms with Crippen molar-refractivity contribution in [1.82, 2.24) is 20.2 Å². The van der Waals surface area contributed by atoms with Crippen molar-refractivity contribution in [3.8, 4) is 23.1 Å². The Morgan fingerprint density at radius 3 is 2.55 bits per heavy atom. The number of nitrogens with zero attached hydrogens (tertiary/aromatic N) is 2. The Morgan fingerprint density at radius 1 is 1.18 bits per heavy atom. The second-order valence-electron chi connectivity index (χ2n) is 8.05. The van der Waals surface area contributed by atoms with E-state index < -0.39 is 18.1 Å². The lowest BCUT2D eigenvalue weighted by atomic mass is 10.0. The van der Waals surface area contributed by atoms with Gasteiger partial charge in [-0.15, -0.1) is 0 Å². The number of amides is 2. The van der Waals surface area contributed by atoms with Crippen molar-refractivity contribution in [2.75, 3.05) is 20.8 Å². The van der Waals surface area contributed by atoms with Gasteiger partial charge in [0.2, 0.25) is 5.91 Å². The lowest BCUT2D eigenvalue weighted by Crippen LogP contribution is -2.51. The molecule has 1 aromatic carbocycles. The minimum Gasteiger partial charge on any atom is -0.459 e. The number of nitrogens with one attached hydrogen (secondary N) is 2. The van der Waals surface area contributed by atoms with Gasteiger partial charge >= 0.3 is 12.1 Å². The number of aromatic amines is 1. The smallest absolute Gasteiger partial charge is 0.407 e. The number of benzene rings is 1. The first-order valence-electron chi connectivity index (χ1n) is 10.7. The molecule has 1 saturated heterocycles. The van der Waals surface area contributed by atoms with Crippen LogP contribution in [0, 0.1) is 17.8 Å². The quantitative estimate of drug-likeness (QED) is 0.533. The van der Waals surface area contributed by atoms with Crippen molar-refractivity contribution in [2.24, 2.45) is 5.92 Å². The number of alkyl carbamates (subject to hydrolysis) is 1. The third-order valence-electron chi connectivity index (χ3n) is 5.53. The Morgan fingerprint density at radius 2 is 1.91 bits per heavy atom. The molecule has 3 rings (SSSR count). The molecule has 1 fully saturated rings. The van der Waals surface area contributed by atoms with Gasteiger partial charge in [0.05, 0.1) is 32.2 Å². The predicted octanol–water partition coefficient (Wildman–Crippen LogP) is 2.65. The van der Waals surface area contributed by atoms with Crippen LogP contribution in [-0.4, -0.2) is 59.6 Å². The minimum absolute atomic E-state index is 0.0918. The first-order chi connectivity index (χ1) is 15.8. The number of esters is 1. The van der Waals surface area contributed by atoms with Crippen molar-refractivity contribution < 1.29 is 23.9 Å². The Balaban J connectivity index is 1.76. The van der Waals surface area contributed by atoms with E-state index in [0.29, 0.717) is 17.9 Å². The molecular weight excluding hydrogens is 424 g/mol. The molecule has 0 bridgehead atoms. The second-order valence-corrected chi connectivity index (χ2v) is 8.05. The van der Waals surface area contributed by atoms with E-state index in [0.717, 1.165) is 24.1 Å². The molecule has 33 heavy (non-hydrogen) atoms. The Labute approximate surface area is 192 Å². The van der Waals surface area contributed by atoms with Crippen LogP contribution in [0.2, 0.25) is 0 Å². The summed E-state index contributed by atoms with van der Waals surface area (Å²) in [7, 11) is 2.56. The van der Waals surface area contributed by atoms with Crippen LogP contribution < -0.4 is 5.32 Å². The third-order valence-corrected chi connectivity index (χ3v) is 5.53. The van der Waals surface area contributed by atoms with Gasteiger partial charge in [0.15, 0.2) is 0 Å². The summed E-state index contributed by atoms with van der Waals surface area (Å²) in [4.78, 5) is 45.7. The van der Waals surface area contributed by atoms with Gasteiger partial charge in [-0.2, -0.15) is 0 Å². The predicted molar refractivity (Wildman–Crippen MR) is 121 cm³/mol. The fourth-order valence-electron chi connectivity index (χ4n) is 3.75. The number of carbonyl (C=O) groups excluding carboxylic acids is 3.